The highest BCUT2D eigenvalue weighted by Crippen LogP contribution is 2.27. The van der Waals surface area contributed by atoms with Crippen molar-refractivity contribution in [2.45, 2.75) is 33.2 Å². The fourth-order valence-corrected chi connectivity index (χ4v) is 1.91. The minimum Gasteiger partial charge on any atom is -0.398 e. The second-order valence-electron chi connectivity index (χ2n) is 4.54. The molecule has 0 radical (unpaired) electrons. The molecule has 0 heterocycles. The van der Waals surface area contributed by atoms with Crippen LogP contribution in [-0.2, 0) is 0 Å². The Labute approximate surface area is 107 Å². The van der Waals surface area contributed by atoms with E-state index in [1.54, 1.807) is 0 Å². The van der Waals surface area contributed by atoms with Gasteiger partial charge in [0, 0.05) is 18.3 Å². The third kappa shape index (κ3) is 2.91. The lowest BCUT2D eigenvalue weighted by molar-refractivity contribution is 0.100. The molecule has 0 aliphatic carbocycles. The van der Waals surface area contributed by atoms with Gasteiger partial charge >= 0.3 is 0 Å². The topological polar surface area (TPSA) is 72.3 Å². The molecule has 0 unspecified atom stereocenters. The number of primary amides is 1. The van der Waals surface area contributed by atoms with Gasteiger partial charge in [-0.1, -0.05) is 6.92 Å². The number of hydrogen-bond donors (Lipinski definition) is 2. The van der Waals surface area contributed by atoms with Crippen LogP contribution in [0.2, 0.25) is 0 Å². The molecule has 1 aromatic carbocycles. The molecule has 1 rings (SSSR count). The molecule has 0 spiro atoms. The average molecular weight is 253 g/mol. The van der Waals surface area contributed by atoms with Crippen molar-refractivity contribution >= 4 is 17.3 Å². The van der Waals surface area contributed by atoms with Crippen LogP contribution in [0.25, 0.3) is 0 Å². The SMILES string of the molecule is CCCN(c1cc(C(N)=O)c(N)cc1F)C(C)C. The van der Waals surface area contributed by atoms with Crippen LogP contribution in [0, 0.1) is 5.82 Å². The Morgan fingerprint density at radius 3 is 2.50 bits per heavy atom. The highest BCUT2D eigenvalue weighted by Gasteiger charge is 2.18. The van der Waals surface area contributed by atoms with E-state index in [0.29, 0.717) is 12.2 Å². The van der Waals surface area contributed by atoms with E-state index in [9.17, 15) is 9.18 Å². The largest absolute Gasteiger partial charge is 0.398 e. The number of nitrogens with two attached hydrogens (primary N) is 2. The second-order valence-corrected chi connectivity index (χ2v) is 4.54. The molecule has 0 aliphatic rings. The summed E-state index contributed by atoms with van der Waals surface area (Å²) in [5.41, 5.74) is 11.4. The zero-order valence-electron chi connectivity index (χ0n) is 11.0. The molecule has 18 heavy (non-hydrogen) atoms. The van der Waals surface area contributed by atoms with E-state index >= 15 is 0 Å². The first kappa shape index (κ1) is 14.3. The Hall–Kier alpha value is -1.78. The maximum Gasteiger partial charge on any atom is 0.250 e. The molecule has 100 valence electrons. The fourth-order valence-electron chi connectivity index (χ4n) is 1.91. The quantitative estimate of drug-likeness (QED) is 0.789. The van der Waals surface area contributed by atoms with Crippen molar-refractivity contribution in [3.05, 3.63) is 23.5 Å². The molecule has 0 saturated carbocycles. The van der Waals surface area contributed by atoms with Crippen LogP contribution in [0.5, 0.6) is 0 Å². The molecule has 5 heteroatoms. The van der Waals surface area contributed by atoms with Gasteiger partial charge in [0.25, 0.3) is 5.91 Å². The Morgan fingerprint density at radius 1 is 1.44 bits per heavy atom. The maximum absolute atomic E-state index is 14.0. The lowest BCUT2D eigenvalue weighted by Crippen LogP contribution is -2.32. The predicted octanol–water partition coefficient (Wildman–Crippen LogP) is 2.13. The first-order valence-electron chi connectivity index (χ1n) is 6.03. The maximum atomic E-state index is 14.0. The van der Waals surface area contributed by atoms with Crippen LogP contribution in [0.3, 0.4) is 0 Å². The molecule has 4 N–H and O–H groups in total. The van der Waals surface area contributed by atoms with Gasteiger partial charge in [0.1, 0.15) is 5.82 Å². The van der Waals surface area contributed by atoms with E-state index in [4.69, 9.17) is 11.5 Å². The molecule has 0 bridgehead atoms. The molecular weight excluding hydrogens is 233 g/mol. The van der Waals surface area contributed by atoms with Crippen LogP contribution in [-0.4, -0.2) is 18.5 Å². The van der Waals surface area contributed by atoms with E-state index in [1.165, 1.54) is 6.07 Å². The summed E-state index contributed by atoms with van der Waals surface area (Å²) in [5.74, 6) is -1.08. The fraction of sp³-hybridized carbons (Fsp3) is 0.462. The van der Waals surface area contributed by atoms with Crippen molar-refractivity contribution in [3.8, 4) is 0 Å². The van der Waals surface area contributed by atoms with Gasteiger partial charge in [0.15, 0.2) is 0 Å². The Bertz CT molecular complexity index is 446. The summed E-state index contributed by atoms with van der Waals surface area (Å²) in [6.45, 7) is 6.65. The van der Waals surface area contributed by atoms with E-state index in [0.717, 1.165) is 12.5 Å². The minimum atomic E-state index is -0.644. The second kappa shape index (κ2) is 5.71. The van der Waals surface area contributed by atoms with Crippen molar-refractivity contribution in [1.82, 2.24) is 0 Å². The molecule has 1 amide bonds. The zero-order valence-corrected chi connectivity index (χ0v) is 11.0. The molecule has 4 nitrogen and oxygen atoms in total. The molecule has 1 aromatic rings. The summed E-state index contributed by atoms with van der Waals surface area (Å²) in [5, 5.41) is 0. The summed E-state index contributed by atoms with van der Waals surface area (Å²) in [7, 11) is 0. The van der Waals surface area contributed by atoms with Gasteiger partial charge in [-0.3, -0.25) is 4.79 Å². The molecule has 0 aromatic heterocycles. The number of carbonyl (C=O) groups is 1. The first-order chi connectivity index (χ1) is 8.38. The summed E-state index contributed by atoms with van der Waals surface area (Å²) < 4.78 is 14.0. The molecule has 0 atom stereocenters. The van der Waals surface area contributed by atoms with Crippen LogP contribution in [0.4, 0.5) is 15.8 Å². The third-order valence-corrected chi connectivity index (χ3v) is 2.78. The normalized spacial score (nSPS) is 10.7. The minimum absolute atomic E-state index is 0.0731. The van der Waals surface area contributed by atoms with Gasteiger partial charge in [-0.2, -0.15) is 0 Å². The lowest BCUT2D eigenvalue weighted by Gasteiger charge is -2.29. The van der Waals surface area contributed by atoms with Gasteiger partial charge in [0.2, 0.25) is 0 Å². The zero-order chi connectivity index (χ0) is 13.9. The number of nitrogens with zero attached hydrogens (tertiary/aromatic N) is 1. The van der Waals surface area contributed by atoms with Crippen molar-refractivity contribution in [1.29, 1.82) is 0 Å². The molecule has 0 saturated heterocycles. The van der Waals surface area contributed by atoms with Crippen LogP contribution >= 0.6 is 0 Å². The van der Waals surface area contributed by atoms with Gasteiger partial charge in [-0.05, 0) is 32.4 Å². The molecule has 0 fully saturated rings. The van der Waals surface area contributed by atoms with Crippen molar-refractivity contribution in [2.24, 2.45) is 5.73 Å². The van der Waals surface area contributed by atoms with Gasteiger partial charge in [0.05, 0.1) is 11.3 Å². The van der Waals surface area contributed by atoms with Crippen molar-refractivity contribution < 1.29 is 9.18 Å². The highest BCUT2D eigenvalue weighted by molar-refractivity contribution is 5.99. The van der Waals surface area contributed by atoms with Crippen molar-refractivity contribution in [2.75, 3.05) is 17.2 Å². The number of anilines is 2. The van der Waals surface area contributed by atoms with E-state index < -0.39 is 11.7 Å². The summed E-state index contributed by atoms with van der Waals surface area (Å²) in [4.78, 5) is 13.1. The number of halogens is 1. The Morgan fingerprint density at radius 2 is 2.06 bits per heavy atom. The molecular formula is C13H20FN3O. The van der Waals surface area contributed by atoms with Crippen molar-refractivity contribution in [3.63, 3.8) is 0 Å². The Balaban J connectivity index is 3.29. The smallest absolute Gasteiger partial charge is 0.250 e. The van der Waals surface area contributed by atoms with Crippen LogP contribution in [0.1, 0.15) is 37.6 Å². The van der Waals surface area contributed by atoms with Gasteiger partial charge in [-0.25, -0.2) is 4.39 Å². The van der Waals surface area contributed by atoms with Crippen LogP contribution < -0.4 is 16.4 Å². The van der Waals surface area contributed by atoms with Gasteiger partial charge in [-0.15, -0.1) is 0 Å². The Kier molecular flexibility index (Phi) is 4.53. The standard InChI is InChI=1S/C13H20FN3O/c1-4-5-17(8(2)3)12-6-9(13(16)18)11(15)7-10(12)14/h6-8H,4-5,15H2,1-3H3,(H2,16,18). The average Bonchev–Trinajstić information content (AvgIpc) is 2.26. The van der Waals surface area contributed by atoms with E-state index in [-0.39, 0.29) is 17.3 Å². The number of carbonyl (C=O) groups excluding carboxylic acids is 1. The predicted molar refractivity (Wildman–Crippen MR) is 72.1 cm³/mol. The summed E-state index contributed by atoms with van der Waals surface area (Å²) >= 11 is 0. The number of rotatable bonds is 5. The monoisotopic (exact) mass is 253 g/mol. The third-order valence-electron chi connectivity index (χ3n) is 2.78. The number of benzene rings is 1. The number of nitrogen functional groups attached to an aromatic ring is 1. The van der Waals surface area contributed by atoms with E-state index in [1.807, 2.05) is 25.7 Å². The summed E-state index contributed by atoms with van der Waals surface area (Å²) in [6, 6.07) is 2.71. The summed E-state index contributed by atoms with van der Waals surface area (Å²) in [6.07, 6.45) is 0.883. The number of amides is 1. The molecule has 0 aliphatic heterocycles. The van der Waals surface area contributed by atoms with Crippen LogP contribution in [0.15, 0.2) is 12.1 Å². The lowest BCUT2D eigenvalue weighted by atomic mass is 10.1. The highest BCUT2D eigenvalue weighted by atomic mass is 19.1. The first-order valence-corrected chi connectivity index (χ1v) is 6.03. The van der Waals surface area contributed by atoms with E-state index in [2.05, 4.69) is 0 Å². The van der Waals surface area contributed by atoms with Gasteiger partial charge < -0.3 is 16.4 Å². The number of hydrogen-bond acceptors (Lipinski definition) is 3.